The molecule has 1 N–H and O–H groups in total. The van der Waals surface area contributed by atoms with Gasteiger partial charge in [0.05, 0.1) is 17.5 Å². The van der Waals surface area contributed by atoms with Crippen LogP contribution >= 0.6 is 11.8 Å². The summed E-state index contributed by atoms with van der Waals surface area (Å²) in [6.45, 7) is 1.92. The van der Waals surface area contributed by atoms with Crippen LogP contribution in [-0.2, 0) is 9.59 Å². The Morgan fingerprint density at radius 3 is 2.57 bits per heavy atom. The summed E-state index contributed by atoms with van der Waals surface area (Å²) in [6, 6.07) is 14.2. The lowest BCUT2D eigenvalue weighted by atomic mass is 9.97. The molecule has 1 saturated heterocycles. The minimum atomic E-state index is -0.534. The predicted octanol–water partition coefficient (Wildman–Crippen LogP) is 3.73. The molecule has 28 heavy (non-hydrogen) atoms. The highest BCUT2D eigenvalue weighted by Gasteiger charge is 2.35. The lowest BCUT2D eigenvalue weighted by Crippen LogP contribution is -2.44. The van der Waals surface area contributed by atoms with Crippen LogP contribution in [0.2, 0.25) is 0 Å². The zero-order valence-corrected chi connectivity index (χ0v) is 16.2. The predicted molar refractivity (Wildman–Crippen MR) is 107 cm³/mol. The lowest BCUT2D eigenvalue weighted by Gasteiger charge is -2.24. The van der Waals surface area contributed by atoms with Crippen LogP contribution in [0, 0.1) is 17.1 Å². The molecule has 1 aliphatic rings. The summed E-state index contributed by atoms with van der Waals surface area (Å²) in [4.78, 5) is 27.0. The van der Waals surface area contributed by atoms with Crippen LogP contribution in [0.1, 0.15) is 30.4 Å². The van der Waals surface area contributed by atoms with Crippen LogP contribution in [0.4, 0.5) is 10.1 Å². The van der Waals surface area contributed by atoms with Crippen LogP contribution < -0.4 is 5.32 Å². The summed E-state index contributed by atoms with van der Waals surface area (Å²) in [7, 11) is 0. The number of anilines is 1. The van der Waals surface area contributed by atoms with Gasteiger partial charge in [-0.25, -0.2) is 4.39 Å². The van der Waals surface area contributed by atoms with E-state index in [2.05, 4.69) is 5.32 Å². The van der Waals surface area contributed by atoms with Gasteiger partial charge in [-0.15, -0.1) is 11.8 Å². The fourth-order valence-electron chi connectivity index (χ4n) is 3.05. The Bertz CT molecular complexity index is 893. The first-order valence-corrected chi connectivity index (χ1v) is 10.1. The van der Waals surface area contributed by atoms with Crippen LogP contribution in [0.5, 0.6) is 0 Å². The zero-order valence-electron chi connectivity index (χ0n) is 15.4. The molecule has 1 heterocycles. The molecule has 0 radical (unpaired) electrons. The van der Waals surface area contributed by atoms with Gasteiger partial charge in [0, 0.05) is 17.9 Å². The van der Waals surface area contributed by atoms with Gasteiger partial charge in [0.1, 0.15) is 11.9 Å². The maximum Gasteiger partial charge on any atom is 0.248 e. The second-order valence-electron chi connectivity index (χ2n) is 6.71. The van der Waals surface area contributed by atoms with Gasteiger partial charge in [0.15, 0.2) is 0 Å². The van der Waals surface area contributed by atoms with E-state index < -0.39 is 6.04 Å². The Kier molecular flexibility index (Phi) is 6.32. The first kappa shape index (κ1) is 19.9. The summed E-state index contributed by atoms with van der Waals surface area (Å²) in [6.07, 6.45) is 0.257. The van der Waals surface area contributed by atoms with Crippen molar-refractivity contribution < 1.29 is 14.0 Å². The molecule has 2 amide bonds. The van der Waals surface area contributed by atoms with Crippen molar-refractivity contribution in [2.45, 2.75) is 25.3 Å². The molecule has 0 spiro atoms. The van der Waals surface area contributed by atoms with E-state index >= 15 is 0 Å². The summed E-state index contributed by atoms with van der Waals surface area (Å²) in [5, 5.41) is 11.7. The largest absolute Gasteiger partial charge is 0.324 e. The number of amides is 2. The monoisotopic (exact) mass is 397 g/mol. The van der Waals surface area contributed by atoms with Gasteiger partial charge in [0.25, 0.3) is 0 Å². The second-order valence-corrected chi connectivity index (χ2v) is 7.71. The molecular weight excluding hydrogens is 377 g/mol. The highest BCUT2D eigenvalue weighted by atomic mass is 32.2. The van der Waals surface area contributed by atoms with Gasteiger partial charge in [-0.2, -0.15) is 5.26 Å². The molecule has 2 atom stereocenters. The Morgan fingerprint density at radius 1 is 1.25 bits per heavy atom. The second kappa shape index (κ2) is 8.89. The summed E-state index contributed by atoms with van der Waals surface area (Å²) < 4.78 is 13.1. The van der Waals surface area contributed by atoms with Gasteiger partial charge in [-0.1, -0.05) is 19.1 Å². The van der Waals surface area contributed by atoms with Gasteiger partial charge >= 0.3 is 0 Å². The van der Waals surface area contributed by atoms with E-state index in [-0.39, 0.29) is 30.0 Å². The van der Waals surface area contributed by atoms with E-state index in [1.807, 2.05) is 13.0 Å². The number of benzene rings is 2. The van der Waals surface area contributed by atoms with Gasteiger partial charge in [-0.05, 0) is 47.9 Å². The highest BCUT2D eigenvalue weighted by Crippen LogP contribution is 2.27. The lowest BCUT2D eigenvalue weighted by molar-refractivity contribution is -0.136. The van der Waals surface area contributed by atoms with Crippen LogP contribution in [0.25, 0.3) is 0 Å². The fraction of sp³-hybridized carbons (Fsp3) is 0.286. The van der Waals surface area contributed by atoms with E-state index in [1.165, 1.54) is 12.1 Å². The van der Waals surface area contributed by atoms with E-state index in [0.29, 0.717) is 22.9 Å². The number of halogens is 1. The van der Waals surface area contributed by atoms with E-state index in [9.17, 15) is 14.0 Å². The average molecular weight is 397 g/mol. The Morgan fingerprint density at radius 2 is 1.93 bits per heavy atom. The van der Waals surface area contributed by atoms with Gasteiger partial charge in [0.2, 0.25) is 11.8 Å². The minimum Gasteiger partial charge on any atom is -0.324 e. The molecule has 144 valence electrons. The maximum absolute atomic E-state index is 13.1. The number of nitrogens with zero attached hydrogens (tertiary/aromatic N) is 2. The molecule has 3 rings (SSSR count). The molecule has 0 aliphatic carbocycles. The van der Waals surface area contributed by atoms with Crippen molar-refractivity contribution in [3.05, 3.63) is 65.5 Å². The van der Waals surface area contributed by atoms with Crippen LogP contribution in [-0.4, -0.2) is 34.4 Å². The Hall–Kier alpha value is -2.85. The minimum absolute atomic E-state index is 0.0686. The molecular formula is C21H20FN3O2S. The standard InChI is InChI=1S/C21H20FN3O2S/c1-14(16-4-6-17(22)7-5-16)10-20(26)25-13-28-12-19(25)21(27)24-18-8-2-15(11-23)3-9-18/h2-9,14,19H,10,12-13H2,1H3,(H,24,27). The number of nitrogens with one attached hydrogen (secondary N) is 1. The number of thioether (sulfide) groups is 1. The van der Waals surface area contributed by atoms with E-state index in [0.717, 1.165) is 5.56 Å². The van der Waals surface area contributed by atoms with Gasteiger partial charge in [-0.3, -0.25) is 9.59 Å². The quantitative estimate of drug-likeness (QED) is 0.834. The highest BCUT2D eigenvalue weighted by molar-refractivity contribution is 7.99. The van der Waals surface area contributed by atoms with Crippen molar-refractivity contribution in [2.75, 3.05) is 16.9 Å². The average Bonchev–Trinajstić information content (AvgIpc) is 3.19. The summed E-state index contributed by atoms with van der Waals surface area (Å²) >= 11 is 1.54. The first-order chi connectivity index (χ1) is 13.5. The number of nitriles is 1. The number of carbonyl (C=O) groups excluding carboxylic acids is 2. The molecule has 1 fully saturated rings. The smallest absolute Gasteiger partial charge is 0.248 e. The van der Waals surface area contributed by atoms with Crippen LogP contribution in [0.3, 0.4) is 0 Å². The number of hydrogen-bond acceptors (Lipinski definition) is 4. The first-order valence-electron chi connectivity index (χ1n) is 8.91. The van der Waals surface area contributed by atoms with Gasteiger partial charge < -0.3 is 10.2 Å². The molecule has 2 aromatic rings. The molecule has 1 aliphatic heterocycles. The molecule has 0 saturated carbocycles. The van der Waals surface area contributed by atoms with Crippen LogP contribution in [0.15, 0.2) is 48.5 Å². The van der Waals surface area contributed by atoms with E-state index in [4.69, 9.17) is 5.26 Å². The SMILES string of the molecule is CC(CC(=O)N1CSCC1C(=O)Nc1ccc(C#N)cc1)c1ccc(F)cc1. The van der Waals surface area contributed by atoms with Crippen molar-refractivity contribution in [3.63, 3.8) is 0 Å². The molecule has 0 aromatic heterocycles. The number of rotatable bonds is 5. The normalized spacial score (nSPS) is 17.0. The van der Waals surface area contributed by atoms with Crippen molar-refractivity contribution in [1.29, 1.82) is 5.26 Å². The summed E-state index contributed by atoms with van der Waals surface area (Å²) in [5.41, 5.74) is 1.99. The Balaban J connectivity index is 1.62. The van der Waals surface area contributed by atoms with Crippen molar-refractivity contribution in [3.8, 4) is 6.07 Å². The van der Waals surface area contributed by atoms with Crippen molar-refractivity contribution in [1.82, 2.24) is 4.90 Å². The Labute approximate surface area is 167 Å². The fourth-order valence-corrected chi connectivity index (χ4v) is 4.23. The molecule has 7 heteroatoms. The van der Waals surface area contributed by atoms with Crippen molar-refractivity contribution in [2.24, 2.45) is 0 Å². The number of carbonyl (C=O) groups is 2. The third-order valence-electron chi connectivity index (χ3n) is 4.71. The number of hydrogen-bond donors (Lipinski definition) is 1. The molecule has 2 aromatic carbocycles. The topological polar surface area (TPSA) is 73.2 Å². The van der Waals surface area contributed by atoms with Crippen molar-refractivity contribution >= 4 is 29.3 Å². The molecule has 5 nitrogen and oxygen atoms in total. The molecule has 2 unspecified atom stereocenters. The van der Waals surface area contributed by atoms with E-state index in [1.54, 1.807) is 53.1 Å². The third-order valence-corrected chi connectivity index (χ3v) is 5.72. The third kappa shape index (κ3) is 4.70. The summed E-state index contributed by atoms with van der Waals surface area (Å²) in [5.74, 6) is 0.303. The molecule has 0 bridgehead atoms. The maximum atomic E-state index is 13.1. The zero-order chi connectivity index (χ0) is 20.1.